The van der Waals surface area contributed by atoms with E-state index < -0.39 is 25.4 Å². The minimum atomic E-state index is -4.87. The predicted molar refractivity (Wildman–Crippen MR) is 54.4 cm³/mol. The van der Waals surface area contributed by atoms with E-state index in [-0.39, 0.29) is 15.0 Å². The first-order valence-corrected chi connectivity index (χ1v) is 5.06. The standard InChI is InChI=1S/C8H6F4INO2/c9-2-5-4(13)1-7(6(3-15)14-5)16-8(10,11)12/h1,15H,2-3H2. The van der Waals surface area contributed by atoms with Gasteiger partial charge in [0.2, 0.25) is 0 Å². The molecule has 16 heavy (non-hydrogen) atoms. The van der Waals surface area contributed by atoms with Crippen LogP contribution in [0, 0.1) is 3.57 Å². The van der Waals surface area contributed by atoms with Crippen LogP contribution in [0.3, 0.4) is 0 Å². The molecule has 8 heteroatoms. The van der Waals surface area contributed by atoms with Crippen molar-refractivity contribution in [3.63, 3.8) is 0 Å². The molecule has 90 valence electrons. The maximum Gasteiger partial charge on any atom is 0.573 e. The van der Waals surface area contributed by atoms with E-state index in [1.807, 2.05) is 0 Å². The van der Waals surface area contributed by atoms with E-state index in [0.717, 1.165) is 6.07 Å². The number of alkyl halides is 4. The van der Waals surface area contributed by atoms with Crippen LogP contribution in [0.25, 0.3) is 0 Å². The smallest absolute Gasteiger partial charge is 0.404 e. The van der Waals surface area contributed by atoms with Crippen LogP contribution in [-0.2, 0) is 13.3 Å². The molecule has 0 atom stereocenters. The third-order valence-electron chi connectivity index (χ3n) is 1.59. The molecule has 0 aliphatic rings. The van der Waals surface area contributed by atoms with Gasteiger partial charge in [-0.05, 0) is 28.7 Å². The van der Waals surface area contributed by atoms with Gasteiger partial charge in [0.15, 0.2) is 5.75 Å². The normalized spacial score (nSPS) is 11.6. The highest BCUT2D eigenvalue weighted by Crippen LogP contribution is 2.28. The van der Waals surface area contributed by atoms with Crippen LogP contribution < -0.4 is 4.74 Å². The lowest BCUT2D eigenvalue weighted by Crippen LogP contribution is -2.19. The maximum atomic E-state index is 12.4. The summed E-state index contributed by atoms with van der Waals surface area (Å²) in [6.07, 6.45) is -4.87. The van der Waals surface area contributed by atoms with Gasteiger partial charge in [-0.25, -0.2) is 9.37 Å². The molecular weight excluding hydrogens is 345 g/mol. The fourth-order valence-corrected chi connectivity index (χ4v) is 1.52. The van der Waals surface area contributed by atoms with Crippen molar-refractivity contribution in [1.82, 2.24) is 4.98 Å². The second kappa shape index (κ2) is 5.13. The largest absolute Gasteiger partial charge is 0.573 e. The van der Waals surface area contributed by atoms with Crippen molar-refractivity contribution in [2.45, 2.75) is 19.6 Å². The third-order valence-corrected chi connectivity index (χ3v) is 2.52. The number of rotatable bonds is 3. The van der Waals surface area contributed by atoms with Gasteiger partial charge in [-0.2, -0.15) is 0 Å². The molecule has 0 aromatic carbocycles. The number of hydrogen-bond acceptors (Lipinski definition) is 3. The molecule has 0 fully saturated rings. The molecule has 1 aromatic rings. The molecule has 1 heterocycles. The molecule has 3 nitrogen and oxygen atoms in total. The SMILES string of the molecule is OCc1nc(CF)c(I)cc1OC(F)(F)F. The van der Waals surface area contributed by atoms with Crippen molar-refractivity contribution in [2.75, 3.05) is 0 Å². The van der Waals surface area contributed by atoms with Crippen LogP contribution in [0.1, 0.15) is 11.4 Å². The Labute approximate surface area is 102 Å². The first-order valence-electron chi connectivity index (χ1n) is 3.98. The summed E-state index contributed by atoms with van der Waals surface area (Å²) < 4.78 is 52.1. The Hall–Kier alpha value is -0.640. The molecule has 0 unspecified atom stereocenters. The molecule has 0 bridgehead atoms. The van der Waals surface area contributed by atoms with E-state index in [4.69, 9.17) is 5.11 Å². The van der Waals surface area contributed by atoms with Gasteiger partial charge in [0.05, 0.1) is 12.3 Å². The Morgan fingerprint density at radius 2 is 2.00 bits per heavy atom. The van der Waals surface area contributed by atoms with Crippen LogP contribution in [0.2, 0.25) is 0 Å². The molecule has 1 N–H and O–H groups in total. The number of ether oxygens (including phenoxy) is 1. The second-order valence-electron chi connectivity index (χ2n) is 2.70. The minimum Gasteiger partial charge on any atom is -0.404 e. The van der Waals surface area contributed by atoms with Gasteiger partial charge >= 0.3 is 6.36 Å². The third kappa shape index (κ3) is 3.44. The number of hydrogen-bond donors (Lipinski definition) is 1. The zero-order valence-corrected chi connectivity index (χ0v) is 9.84. The summed E-state index contributed by atoms with van der Waals surface area (Å²) in [6, 6.07) is 0.988. The molecule has 0 amide bonds. The van der Waals surface area contributed by atoms with E-state index in [9.17, 15) is 17.6 Å². The highest BCUT2D eigenvalue weighted by molar-refractivity contribution is 14.1. The average Bonchev–Trinajstić information content (AvgIpc) is 2.16. The molecule has 1 aromatic heterocycles. The fourth-order valence-electron chi connectivity index (χ4n) is 0.973. The van der Waals surface area contributed by atoms with E-state index in [1.54, 1.807) is 22.6 Å². The average molecular weight is 351 g/mol. The van der Waals surface area contributed by atoms with E-state index in [0.29, 0.717) is 0 Å². The monoisotopic (exact) mass is 351 g/mol. The summed E-state index contributed by atoms with van der Waals surface area (Å²) in [5.74, 6) is -0.614. The van der Waals surface area contributed by atoms with Crippen LogP contribution in [0.4, 0.5) is 17.6 Å². The van der Waals surface area contributed by atoms with Gasteiger partial charge in [-0.3, -0.25) is 0 Å². The van der Waals surface area contributed by atoms with Crippen LogP contribution >= 0.6 is 22.6 Å². The first kappa shape index (κ1) is 13.4. The molecule has 0 saturated carbocycles. The number of aliphatic hydroxyl groups is 1. The van der Waals surface area contributed by atoms with Crippen molar-refractivity contribution in [2.24, 2.45) is 0 Å². The zero-order valence-electron chi connectivity index (χ0n) is 7.68. The fraction of sp³-hybridized carbons (Fsp3) is 0.375. The Balaban J connectivity index is 3.13. The number of aliphatic hydroxyl groups excluding tert-OH is 1. The summed E-state index contributed by atoms with van der Waals surface area (Å²) in [5, 5.41) is 8.79. The van der Waals surface area contributed by atoms with Gasteiger partial charge in [-0.1, -0.05) is 0 Å². The Morgan fingerprint density at radius 1 is 1.38 bits per heavy atom. The van der Waals surface area contributed by atoms with Crippen molar-refractivity contribution in [3.8, 4) is 5.75 Å². The molecule has 0 aliphatic heterocycles. The van der Waals surface area contributed by atoms with Gasteiger partial charge in [0.25, 0.3) is 0 Å². The number of nitrogens with zero attached hydrogens (tertiary/aromatic N) is 1. The molecule has 0 aliphatic carbocycles. The summed E-state index contributed by atoms with van der Waals surface area (Å²) >= 11 is 1.64. The quantitative estimate of drug-likeness (QED) is 0.673. The predicted octanol–water partition coefficient (Wildman–Crippen LogP) is 2.55. The second-order valence-corrected chi connectivity index (χ2v) is 3.86. The first-order chi connectivity index (χ1) is 7.37. The molecule has 0 radical (unpaired) electrons. The van der Waals surface area contributed by atoms with Gasteiger partial charge < -0.3 is 9.84 Å². The van der Waals surface area contributed by atoms with Crippen molar-refractivity contribution in [3.05, 3.63) is 21.0 Å². The van der Waals surface area contributed by atoms with Crippen LogP contribution in [0.5, 0.6) is 5.75 Å². The molecular formula is C8H6F4INO2. The van der Waals surface area contributed by atoms with Crippen LogP contribution in [0.15, 0.2) is 6.07 Å². The van der Waals surface area contributed by atoms with E-state index in [1.165, 1.54) is 0 Å². The summed E-state index contributed by atoms with van der Waals surface area (Å²) in [5.41, 5.74) is -0.371. The van der Waals surface area contributed by atoms with Crippen molar-refractivity contribution in [1.29, 1.82) is 0 Å². The lowest BCUT2D eigenvalue weighted by molar-refractivity contribution is -0.275. The summed E-state index contributed by atoms with van der Waals surface area (Å²) in [4.78, 5) is 3.54. The van der Waals surface area contributed by atoms with Crippen molar-refractivity contribution < 1.29 is 27.4 Å². The minimum absolute atomic E-state index is 0.0285. The van der Waals surface area contributed by atoms with Crippen molar-refractivity contribution >= 4 is 22.6 Å². The Morgan fingerprint density at radius 3 is 2.44 bits per heavy atom. The highest BCUT2D eigenvalue weighted by Gasteiger charge is 2.32. The number of pyridine rings is 1. The van der Waals surface area contributed by atoms with Gasteiger partial charge in [0, 0.05) is 3.57 Å². The maximum absolute atomic E-state index is 12.4. The highest BCUT2D eigenvalue weighted by atomic mass is 127. The lowest BCUT2D eigenvalue weighted by Gasteiger charge is -2.13. The number of halogens is 5. The van der Waals surface area contributed by atoms with Crippen LogP contribution in [-0.4, -0.2) is 16.5 Å². The molecule has 1 rings (SSSR count). The molecule has 0 saturated heterocycles. The van der Waals surface area contributed by atoms with Gasteiger partial charge in [-0.15, -0.1) is 13.2 Å². The summed E-state index contributed by atoms with van der Waals surface area (Å²) in [7, 11) is 0. The Kier molecular flexibility index (Phi) is 4.30. The lowest BCUT2D eigenvalue weighted by atomic mass is 10.3. The van der Waals surface area contributed by atoms with E-state index >= 15 is 0 Å². The summed E-state index contributed by atoms with van der Waals surface area (Å²) in [6.45, 7) is -1.67. The number of aromatic nitrogens is 1. The molecule has 0 spiro atoms. The van der Waals surface area contributed by atoms with Gasteiger partial charge in [0.1, 0.15) is 12.4 Å². The zero-order chi connectivity index (χ0) is 12.3. The van der Waals surface area contributed by atoms with E-state index in [2.05, 4.69) is 9.72 Å². The Bertz CT molecular complexity index is 383. The topological polar surface area (TPSA) is 42.4 Å².